The van der Waals surface area contributed by atoms with E-state index in [1.807, 2.05) is 0 Å². The van der Waals surface area contributed by atoms with Gasteiger partial charge >= 0.3 is 0 Å². The van der Waals surface area contributed by atoms with Crippen molar-refractivity contribution in [2.45, 2.75) is 13.0 Å². The Hall–Kier alpha value is -2.63. The molecule has 3 N–H and O–H groups in total. The maximum absolute atomic E-state index is 13.4. The predicted octanol–water partition coefficient (Wildman–Crippen LogP) is 2.30. The zero-order valence-electron chi connectivity index (χ0n) is 11.8. The number of nitrogens with zero attached hydrogens (tertiary/aromatic N) is 1. The predicted molar refractivity (Wildman–Crippen MR) is 77.5 cm³/mol. The summed E-state index contributed by atoms with van der Waals surface area (Å²) in [6, 6.07) is 6.92. The quantitative estimate of drug-likeness (QED) is 0.905. The Morgan fingerprint density at radius 1 is 1.43 bits per heavy atom. The van der Waals surface area contributed by atoms with Crippen LogP contribution in [0.15, 0.2) is 36.5 Å². The van der Waals surface area contributed by atoms with E-state index in [9.17, 15) is 9.18 Å². The van der Waals surface area contributed by atoms with Crippen molar-refractivity contribution in [2.24, 2.45) is 0 Å². The molecule has 0 spiro atoms. The summed E-state index contributed by atoms with van der Waals surface area (Å²) in [5.41, 5.74) is 6.67. The van der Waals surface area contributed by atoms with E-state index < -0.39 is 17.8 Å². The normalized spacial score (nSPS) is 11.8. The number of anilines is 1. The largest absolute Gasteiger partial charge is 0.496 e. The molecule has 0 aliphatic rings. The minimum atomic E-state index is -0.454. The van der Waals surface area contributed by atoms with Crippen LogP contribution in [0.4, 0.5) is 10.1 Å². The number of carbonyl (C=O) groups excluding carboxylic acids is 1. The number of nitrogen functional groups attached to an aromatic ring is 1. The molecule has 1 heterocycles. The number of ether oxygens (including phenoxy) is 1. The molecule has 0 bridgehead atoms. The van der Waals surface area contributed by atoms with Gasteiger partial charge in [0.2, 0.25) is 0 Å². The van der Waals surface area contributed by atoms with Crippen molar-refractivity contribution in [3.05, 3.63) is 53.6 Å². The Morgan fingerprint density at radius 3 is 2.86 bits per heavy atom. The fourth-order valence-corrected chi connectivity index (χ4v) is 1.99. The van der Waals surface area contributed by atoms with E-state index in [4.69, 9.17) is 10.5 Å². The Balaban J connectivity index is 2.22. The van der Waals surface area contributed by atoms with Crippen LogP contribution in [0, 0.1) is 5.82 Å². The van der Waals surface area contributed by atoms with E-state index >= 15 is 0 Å². The van der Waals surface area contributed by atoms with E-state index in [1.165, 1.54) is 31.5 Å². The molecule has 0 fully saturated rings. The molecule has 5 nitrogen and oxygen atoms in total. The van der Waals surface area contributed by atoms with Crippen LogP contribution in [0.5, 0.6) is 5.75 Å². The van der Waals surface area contributed by atoms with Gasteiger partial charge < -0.3 is 15.8 Å². The molecule has 1 aromatic heterocycles. The third-order valence-corrected chi connectivity index (χ3v) is 3.06. The lowest BCUT2D eigenvalue weighted by Gasteiger charge is -2.17. The molecule has 0 radical (unpaired) electrons. The number of pyridine rings is 1. The smallest absolute Gasteiger partial charge is 0.272 e. The van der Waals surface area contributed by atoms with Gasteiger partial charge in [-0.25, -0.2) is 9.37 Å². The summed E-state index contributed by atoms with van der Waals surface area (Å²) >= 11 is 0. The van der Waals surface area contributed by atoms with Crippen molar-refractivity contribution >= 4 is 11.6 Å². The average Bonchev–Trinajstić information content (AvgIpc) is 2.47. The first-order valence-electron chi connectivity index (χ1n) is 6.37. The fourth-order valence-electron chi connectivity index (χ4n) is 1.99. The molecule has 1 aromatic carbocycles. The Labute approximate surface area is 121 Å². The number of benzene rings is 1. The van der Waals surface area contributed by atoms with Gasteiger partial charge in [-0.05, 0) is 37.3 Å². The molecule has 21 heavy (non-hydrogen) atoms. The van der Waals surface area contributed by atoms with Crippen molar-refractivity contribution in [2.75, 3.05) is 12.8 Å². The number of nitrogens with one attached hydrogen (secondary N) is 1. The van der Waals surface area contributed by atoms with Gasteiger partial charge in [-0.2, -0.15) is 0 Å². The molecule has 1 amide bonds. The van der Waals surface area contributed by atoms with Gasteiger partial charge in [-0.15, -0.1) is 0 Å². The van der Waals surface area contributed by atoms with E-state index in [1.54, 1.807) is 19.1 Å². The first-order chi connectivity index (χ1) is 10.0. The van der Waals surface area contributed by atoms with Gasteiger partial charge in [-0.1, -0.05) is 0 Å². The van der Waals surface area contributed by atoms with Crippen molar-refractivity contribution in [3.63, 3.8) is 0 Å². The lowest BCUT2D eigenvalue weighted by molar-refractivity contribution is 0.0935. The van der Waals surface area contributed by atoms with E-state index in [2.05, 4.69) is 10.3 Å². The van der Waals surface area contributed by atoms with Crippen LogP contribution in [0.3, 0.4) is 0 Å². The summed E-state index contributed by atoms with van der Waals surface area (Å²) in [5, 5.41) is 2.73. The van der Waals surface area contributed by atoms with Crippen molar-refractivity contribution in [3.8, 4) is 5.75 Å². The number of aromatic nitrogens is 1. The SMILES string of the molecule is COc1ccc(F)cc1C(C)NC(=O)c1ncccc1N. The number of halogens is 1. The average molecular weight is 289 g/mol. The Bertz CT molecular complexity index is 661. The number of amides is 1. The van der Waals surface area contributed by atoms with Crippen LogP contribution in [0.2, 0.25) is 0 Å². The summed E-state index contributed by atoms with van der Waals surface area (Å²) < 4.78 is 18.5. The third-order valence-electron chi connectivity index (χ3n) is 3.06. The second-order valence-electron chi connectivity index (χ2n) is 4.52. The first kappa shape index (κ1) is 14.8. The van der Waals surface area contributed by atoms with Crippen molar-refractivity contribution < 1.29 is 13.9 Å². The minimum Gasteiger partial charge on any atom is -0.496 e. The molecule has 0 saturated heterocycles. The molecular formula is C15H16FN3O2. The van der Waals surface area contributed by atoms with Crippen LogP contribution in [0.25, 0.3) is 0 Å². The van der Waals surface area contributed by atoms with Crippen LogP contribution >= 0.6 is 0 Å². The van der Waals surface area contributed by atoms with Gasteiger partial charge in [0.15, 0.2) is 5.69 Å². The van der Waals surface area contributed by atoms with Gasteiger partial charge in [0.05, 0.1) is 18.8 Å². The maximum atomic E-state index is 13.4. The van der Waals surface area contributed by atoms with Crippen LogP contribution in [-0.4, -0.2) is 18.0 Å². The number of hydrogen-bond acceptors (Lipinski definition) is 4. The molecule has 2 rings (SSSR count). The number of carbonyl (C=O) groups is 1. The highest BCUT2D eigenvalue weighted by Crippen LogP contribution is 2.26. The first-order valence-corrected chi connectivity index (χ1v) is 6.37. The van der Waals surface area contributed by atoms with E-state index in [-0.39, 0.29) is 11.4 Å². The number of hydrogen-bond donors (Lipinski definition) is 2. The summed E-state index contributed by atoms with van der Waals surface area (Å²) in [7, 11) is 1.49. The van der Waals surface area contributed by atoms with Crippen LogP contribution in [-0.2, 0) is 0 Å². The summed E-state index contributed by atoms with van der Waals surface area (Å²) in [6.07, 6.45) is 1.48. The topological polar surface area (TPSA) is 77.2 Å². The summed E-state index contributed by atoms with van der Waals surface area (Å²) in [5.74, 6) is -0.325. The second-order valence-corrected chi connectivity index (χ2v) is 4.52. The molecule has 6 heteroatoms. The zero-order valence-corrected chi connectivity index (χ0v) is 11.8. The Kier molecular flexibility index (Phi) is 4.37. The second kappa shape index (κ2) is 6.21. The minimum absolute atomic E-state index is 0.139. The molecule has 0 saturated carbocycles. The number of rotatable bonds is 4. The number of methoxy groups -OCH3 is 1. The van der Waals surface area contributed by atoms with Gasteiger partial charge in [-0.3, -0.25) is 4.79 Å². The van der Waals surface area contributed by atoms with E-state index in [0.717, 1.165) is 0 Å². The zero-order chi connectivity index (χ0) is 15.4. The maximum Gasteiger partial charge on any atom is 0.272 e. The molecule has 2 aromatic rings. The van der Waals surface area contributed by atoms with Gasteiger partial charge in [0, 0.05) is 11.8 Å². The lowest BCUT2D eigenvalue weighted by Crippen LogP contribution is -2.28. The molecule has 0 aliphatic heterocycles. The molecule has 1 unspecified atom stereocenters. The molecular weight excluding hydrogens is 273 g/mol. The molecule has 1 atom stereocenters. The highest BCUT2D eigenvalue weighted by molar-refractivity contribution is 5.97. The lowest BCUT2D eigenvalue weighted by atomic mass is 10.1. The van der Waals surface area contributed by atoms with Crippen molar-refractivity contribution in [1.82, 2.24) is 10.3 Å². The van der Waals surface area contributed by atoms with Crippen LogP contribution < -0.4 is 15.8 Å². The van der Waals surface area contributed by atoms with Gasteiger partial charge in [0.25, 0.3) is 5.91 Å². The molecule has 110 valence electrons. The monoisotopic (exact) mass is 289 g/mol. The third kappa shape index (κ3) is 3.28. The summed E-state index contributed by atoms with van der Waals surface area (Å²) in [4.78, 5) is 16.1. The van der Waals surface area contributed by atoms with Gasteiger partial charge in [0.1, 0.15) is 11.6 Å². The number of nitrogens with two attached hydrogens (primary N) is 1. The standard InChI is InChI=1S/C15H16FN3O2/c1-9(11-8-10(16)5-6-13(11)21-2)19-15(20)14-12(17)4-3-7-18-14/h3-9H,17H2,1-2H3,(H,19,20). The highest BCUT2D eigenvalue weighted by atomic mass is 19.1. The van der Waals surface area contributed by atoms with E-state index in [0.29, 0.717) is 11.3 Å². The Morgan fingerprint density at radius 2 is 2.19 bits per heavy atom. The summed E-state index contributed by atoms with van der Waals surface area (Å²) in [6.45, 7) is 1.73. The van der Waals surface area contributed by atoms with Crippen LogP contribution in [0.1, 0.15) is 29.0 Å². The fraction of sp³-hybridized carbons (Fsp3) is 0.200. The highest BCUT2D eigenvalue weighted by Gasteiger charge is 2.18. The molecule has 0 aliphatic carbocycles. The van der Waals surface area contributed by atoms with Crippen molar-refractivity contribution in [1.29, 1.82) is 0 Å².